The minimum absolute atomic E-state index is 0.258. The second-order valence-electron chi connectivity index (χ2n) is 8.82. The van der Waals surface area contributed by atoms with Crippen LogP contribution in [0, 0.1) is 0 Å². The Morgan fingerprint density at radius 1 is 1.19 bits per heavy atom. The van der Waals surface area contributed by atoms with Gasteiger partial charge in [-0.15, -0.1) is 0 Å². The molecular weight excluding hydrogens is 353 g/mol. The SMILES string of the molecule is C[NH+](C)CCC[NH2+]CC[C@@]1(c2cccc(C(F)(F)F)c2)CCOC(C)(C)C1. The van der Waals surface area contributed by atoms with E-state index in [-0.39, 0.29) is 11.0 Å². The number of rotatable bonds is 8. The topological polar surface area (TPSA) is 30.3 Å². The Balaban J connectivity index is 2.14. The molecule has 0 radical (unpaired) electrons. The van der Waals surface area contributed by atoms with Gasteiger partial charge in [-0.1, -0.05) is 18.2 Å². The second-order valence-corrected chi connectivity index (χ2v) is 8.82. The Morgan fingerprint density at radius 3 is 2.56 bits per heavy atom. The molecule has 0 saturated carbocycles. The van der Waals surface area contributed by atoms with Gasteiger partial charge in [-0.2, -0.15) is 13.2 Å². The lowest BCUT2D eigenvalue weighted by Crippen LogP contribution is -3.06. The molecule has 3 nitrogen and oxygen atoms in total. The number of hydrogen-bond donors (Lipinski definition) is 2. The molecule has 0 spiro atoms. The lowest BCUT2D eigenvalue weighted by atomic mass is 9.67. The van der Waals surface area contributed by atoms with E-state index in [1.165, 1.54) is 11.0 Å². The van der Waals surface area contributed by atoms with Crippen LogP contribution in [0.5, 0.6) is 0 Å². The molecule has 27 heavy (non-hydrogen) atoms. The van der Waals surface area contributed by atoms with E-state index in [0.717, 1.165) is 56.9 Å². The maximum absolute atomic E-state index is 13.2. The van der Waals surface area contributed by atoms with E-state index >= 15 is 0 Å². The summed E-state index contributed by atoms with van der Waals surface area (Å²) in [5.74, 6) is 0. The van der Waals surface area contributed by atoms with Crippen molar-refractivity contribution in [2.45, 2.75) is 56.7 Å². The number of benzene rings is 1. The van der Waals surface area contributed by atoms with Gasteiger partial charge in [-0.25, -0.2) is 0 Å². The molecule has 3 N–H and O–H groups in total. The molecule has 1 heterocycles. The molecule has 0 aromatic heterocycles. The lowest BCUT2D eigenvalue weighted by molar-refractivity contribution is -0.860. The van der Waals surface area contributed by atoms with E-state index in [1.54, 1.807) is 6.07 Å². The van der Waals surface area contributed by atoms with Gasteiger partial charge >= 0.3 is 6.18 Å². The zero-order valence-electron chi connectivity index (χ0n) is 17.1. The number of alkyl halides is 3. The summed E-state index contributed by atoms with van der Waals surface area (Å²) in [6.07, 6.45) is -0.771. The number of hydrogen-bond acceptors (Lipinski definition) is 1. The van der Waals surface area contributed by atoms with Gasteiger partial charge in [0, 0.05) is 24.9 Å². The highest BCUT2D eigenvalue weighted by molar-refractivity contribution is 5.33. The maximum atomic E-state index is 13.2. The Labute approximate surface area is 161 Å². The Bertz CT molecular complexity index is 601. The molecule has 2 rings (SSSR count). The monoisotopic (exact) mass is 388 g/mol. The van der Waals surface area contributed by atoms with Gasteiger partial charge in [-0.05, 0) is 38.3 Å². The fraction of sp³-hybridized carbons (Fsp3) is 0.714. The Kier molecular flexibility index (Phi) is 7.33. The largest absolute Gasteiger partial charge is 0.416 e. The lowest BCUT2D eigenvalue weighted by Gasteiger charge is -2.45. The Hall–Kier alpha value is -1.11. The zero-order valence-corrected chi connectivity index (χ0v) is 17.1. The number of quaternary nitrogens is 2. The standard InChI is InChI=1S/C21H33F3N2O/c1-19(2)16-20(10-14-27-19,9-12-25-11-6-13-26(3)4)17-7-5-8-18(15-17)21(22,23)24/h5,7-8,15,25H,6,9-14,16H2,1-4H3/p+2/t20-/m1/s1. The first-order valence-electron chi connectivity index (χ1n) is 9.97. The van der Waals surface area contributed by atoms with Crippen molar-refractivity contribution in [3.63, 3.8) is 0 Å². The minimum atomic E-state index is -4.31. The predicted molar refractivity (Wildman–Crippen MR) is 101 cm³/mol. The molecule has 1 aliphatic rings. The quantitative estimate of drug-likeness (QED) is 0.656. The van der Waals surface area contributed by atoms with Gasteiger partial charge in [-0.3, -0.25) is 0 Å². The first kappa shape index (κ1) is 22.2. The van der Waals surface area contributed by atoms with Gasteiger partial charge in [0.25, 0.3) is 0 Å². The van der Waals surface area contributed by atoms with Gasteiger partial charge in [0.1, 0.15) is 0 Å². The van der Waals surface area contributed by atoms with Crippen LogP contribution in [0.4, 0.5) is 13.2 Å². The molecule has 1 aromatic rings. The molecule has 0 aliphatic carbocycles. The summed E-state index contributed by atoms with van der Waals surface area (Å²) in [6.45, 7) is 7.79. The summed E-state index contributed by atoms with van der Waals surface area (Å²) in [4.78, 5) is 1.44. The molecule has 1 atom stereocenters. The summed E-state index contributed by atoms with van der Waals surface area (Å²) < 4.78 is 45.6. The summed E-state index contributed by atoms with van der Waals surface area (Å²) >= 11 is 0. The summed E-state index contributed by atoms with van der Waals surface area (Å²) in [5.41, 5.74) is -0.325. The zero-order chi connectivity index (χ0) is 20.1. The maximum Gasteiger partial charge on any atom is 0.416 e. The van der Waals surface area contributed by atoms with Gasteiger partial charge in [0.2, 0.25) is 0 Å². The molecule has 154 valence electrons. The van der Waals surface area contributed by atoms with Gasteiger partial charge < -0.3 is 15.0 Å². The van der Waals surface area contributed by atoms with Crippen LogP contribution in [0.2, 0.25) is 0 Å². The average molecular weight is 389 g/mol. The summed E-state index contributed by atoms with van der Waals surface area (Å²) in [7, 11) is 4.29. The highest BCUT2D eigenvalue weighted by Gasteiger charge is 2.43. The Morgan fingerprint density at radius 2 is 1.93 bits per heavy atom. The molecule has 0 bridgehead atoms. The van der Waals surface area contributed by atoms with Crippen LogP contribution in [-0.4, -0.2) is 45.9 Å². The van der Waals surface area contributed by atoms with Crippen molar-refractivity contribution in [2.75, 3.05) is 40.3 Å². The molecule has 0 amide bonds. The highest BCUT2D eigenvalue weighted by atomic mass is 19.4. The molecule has 0 unspecified atom stereocenters. The highest BCUT2D eigenvalue weighted by Crippen LogP contribution is 2.44. The summed E-state index contributed by atoms with van der Waals surface area (Å²) in [6, 6.07) is 5.94. The van der Waals surface area contributed by atoms with Crippen molar-refractivity contribution < 1.29 is 28.1 Å². The smallest absolute Gasteiger partial charge is 0.376 e. The normalized spacial score (nSPS) is 23.0. The van der Waals surface area contributed by atoms with Crippen molar-refractivity contribution in [1.82, 2.24) is 0 Å². The summed E-state index contributed by atoms with van der Waals surface area (Å²) in [5, 5.41) is 2.31. The van der Waals surface area contributed by atoms with E-state index in [9.17, 15) is 13.2 Å². The number of ether oxygens (including phenoxy) is 1. The van der Waals surface area contributed by atoms with Crippen molar-refractivity contribution in [3.05, 3.63) is 35.4 Å². The molecule has 1 aliphatic heterocycles. The third-order valence-electron chi connectivity index (χ3n) is 5.55. The van der Waals surface area contributed by atoms with Crippen molar-refractivity contribution in [2.24, 2.45) is 0 Å². The third-order valence-corrected chi connectivity index (χ3v) is 5.55. The molecule has 1 aromatic carbocycles. The molecule has 6 heteroatoms. The van der Waals surface area contributed by atoms with E-state index in [0.29, 0.717) is 6.61 Å². The van der Waals surface area contributed by atoms with E-state index in [4.69, 9.17) is 4.74 Å². The van der Waals surface area contributed by atoms with Crippen LogP contribution in [0.25, 0.3) is 0 Å². The predicted octanol–water partition coefficient (Wildman–Crippen LogP) is 2.02. The first-order valence-corrected chi connectivity index (χ1v) is 9.97. The minimum Gasteiger partial charge on any atom is -0.376 e. The van der Waals surface area contributed by atoms with Crippen LogP contribution < -0.4 is 10.2 Å². The second kappa shape index (κ2) is 8.93. The van der Waals surface area contributed by atoms with E-state index < -0.39 is 11.7 Å². The van der Waals surface area contributed by atoms with Crippen LogP contribution in [0.3, 0.4) is 0 Å². The van der Waals surface area contributed by atoms with E-state index in [2.05, 4.69) is 19.4 Å². The molecule has 1 fully saturated rings. The van der Waals surface area contributed by atoms with Crippen LogP contribution >= 0.6 is 0 Å². The van der Waals surface area contributed by atoms with Crippen molar-refractivity contribution >= 4 is 0 Å². The average Bonchev–Trinajstić information content (AvgIpc) is 2.56. The van der Waals surface area contributed by atoms with Crippen LogP contribution in [0.15, 0.2) is 24.3 Å². The fourth-order valence-corrected chi connectivity index (χ4v) is 4.23. The van der Waals surface area contributed by atoms with Crippen LogP contribution in [-0.2, 0) is 16.3 Å². The fourth-order valence-electron chi connectivity index (χ4n) is 4.23. The molecular formula is C21H35F3N2O+2. The first-order chi connectivity index (χ1) is 12.5. The number of nitrogens with one attached hydrogen (secondary N) is 1. The molecule has 1 saturated heterocycles. The third kappa shape index (κ3) is 6.47. The van der Waals surface area contributed by atoms with Gasteiger partial charge in [0.15, 0.2) is 0 Å². The van der Waals surface area contributed by atoms with Gasteiger partial charge in [0.05, 0.1) is 44.9 Å². The number of halogens is 3. The van der Waals surface area contributed by atoms with Crippen LogP contribution in [0.1, 0.15) is 50.7 Å². The van der Waals surface area contributed by atoms with E-state index in [1.807, 2.05) is 19.9 Å². The number of nitrogens with two attached hydrogens (primary N) is 1. The van der Waals surface area contributed by atoms with Crippen molar-refractivity contribution in [1.29, 1.82) is 0 Å². The van der Waals surface area contributed by atoms with Crippen molar-refractivity contribution in [3.8, 4) is 0 Å².